The van der Waals surface area contributed by atoms with E-state index in [1.807, 2.05) is 0 Å². The molecule has 0 saturated carbocycles. The number of dihydropyridines is 1. The maximum atomic E-state index is 14.1. The summed E-state index contributed by atoms with van der Waals surface area (Å²) in [5, 5.41) is 13.0. The molecule has 1 atom stereocenters. The predicted octanol–water partition coefficient (Wildman–Crippen LogP) is 3.09. The second-order valence-electron chi connectivity index (χ2n) is 8.77. The lowest BCUT2D eigenvalue weighted by atomic mass is 9.80. The van der Waals surface area contributed by atoms with Crippen molar-refractivity contribution in [1.82, 2.24) is 10.2 Å². The van der Waals surface area contributed by atoms with E-state index in [-0.39, 0.29) is 72.3 Å². The Bertz CT molecular complexity index is 1370. The summed E-state index contributed by atoms with van der Waals surface area (Å²) < 4.78 is 30.0. The average molecular weight is 573 g/mol. The zero-order chi connectivity index (χ0) is 28.8. The van der Waals surface area contributed by atoms with Crippen molar-refractivity contribution >= 4 is 35.4 Å². The smallest absolute Gasteiger partial charge is 0.336 e. The van der Waals surface area contributed by atoms with Crippen LogP contribution in [0.5, 0.6) is 0 Å². The number of ether oxygens (including phenoxy) is 3. The van der Waals surface area contributed by atoms with Crippen molar-refractivity contribution in [2.75, 3.05) is 46.8 Å². The number of carbonyl (C=O) groups excluding carboxylic acids is 3. The van der Waals surface area contributed by atoms with E-state index in [0.29, 0.717) is 16.7 Å². The molecule has 10 nitrogen and oxygen atoms in total. The Kier molecular flexibility index (Phi) is 9.30. The van der Waals surface area contributed by atoms with Crippen LogP contribution in [0.1, 0.15) is 32.2 Å². The van der Waals surface area contributed by atoms with Gasteiger partial charge in [-0.1, -0.05) is 41.9 Å². The van der Waals surface area contributed by atoms with Crippen LogP contribution in [0.25, 0.3) is 0 Å². The van der Waals surface area contributed by atoms with Gasteiger partial charge in [-0.25, -0.2) is 14.0 Å². The summed E-state index contributed by atoms with van der Waals surface area (Å²) >= 11 is 6.35. The summed E-state index contributed by atoms with van der Waals surface area (Å²) in [6, 6.07) is 12.9. The molecule has 2 aliphatic heterocycles. The van der Waals surface area contributed by atoms with Crippen LogP contribution in [-0.4, -0.2) is 80.5 Å². The van der Waals surface area contributed by atoms with Crippen LogP contribution >= 0.6 is 11.6 Å². The Morgan fingerprint density at radius 2 is 1.57 bits per heavy atom. The summed E-state index contributed by atoms with van der Waals surface area (Å²) in [5.41, 5.74) is 0.452. The van der Waals surface area contributed by atoms with Gasteiger partial charge in [0, 0.05) is 5.02 Å². The fourth-order valence-electron chi connectivity index (χ4n) is 4.64. The van der Waals surface area contributed by atoms with Gasteiger partial charge in [-0.3, -0.25) is 14.5 Å². The van der Waals surface area contributed by atoms with E-state index in [1.54, 1.807) is 42.5 Å². The molecule has 2 aliphatic rings. The number of carboxylic acids is 1. The number of hydrogen-bond acceptors (Lipinski definition) is 8. The van der Waals surface area contributed by atoms with E-state index < -0.39 is 24.5 Å². The number of aliphatic carboxylic acids is 1. The fourth-order valence-corrected chi connectivity index (χ4v) is 4.89. The van der Waals surface area contributed by atoms with Crippen LogP contribution in [0.15, 0.2) is 71.1 Å². The largest absolute Gasteiger partial charge is 0.478 e. The minimum absolute atomic E-state index is 0.0233. The number of benzene rings is 2. The Labute approximate surface area is 233 Å². The van der Waals surface area contributed by atoms with Crippen LogP contribution in [0, 0.1) is 0 Å². The number of nitrogens with zero attached hydrogens (tertiary/aromatic N) is 1. The normalized spacial score (nSPS) is 16.8. The molecule has 0 aliphatic carbocycles. The van der Waals surface area contributed by atoms with Crippen LogP contribution in [0.2, 0.25) is 5.02 Å². The molecule has 1 unspecified atom stereocenters. The molecule has 0 aromatic heterocycles. The second kappa shape index (κ2) is 12.9. The summed E-state index contributed by atoms with van der Waals surface area (Å²) in [5.74, 6) is -4.22. The number of imide groups is 1. The quantitative estimate of drug-likeness (QED) is 0.224. The first-order valence-electron chi connectivity index (χ1n) is 12.3. The standard InChI is InChI=1S/C28H26ClFN2O8/c1-38-28(37)24-20(14-30)31-21(23(27(35)36)22(24)18-8-4-5-9-19(18)29)15-40-13-12-39-11-10-32-25(33)16-6-2-3-7-17(16)26(32)34/h2-9,22,31H,10-15H2,1H3,(H,35,36). The lowest BCUT2D eigenvalue weighted by molar-refractivity contribution is -0.136. The number of carbonyl (C=O) groups is 4. The van der Waals surface area contributed by atoms with Gasteiger partial charge in [-0.2, -0.15) is 0 Å². The maximum Gasteiger partial charge on any atom is 0.336 e. The molecule has 12 heteroatoms. The number of halogens is 2. The van der Waals surface area contributed by atoms with Gasteiger partial charge in [-0.05, 0) is 23.8 Å². The summed E-state index contributed by atoms with van der Waals surface area (Å²) in [7, 11) is 1.12. The highest BCUT2D eigenvalue weighted by Gasteiger charge is 2.40. The van der Waals surface area contributed by atoms with E-state index in [4.69, 9.17) is 25.8 Å². The Morgan fingerprint density at radius 3 is 2.17 bits per heavy atom. The van der Waals surface area contributed by atoms with Crippen molar-refractivity contribution in [1.29, 1.82) is 0 Å². The Morgan fingerprint density at radius 1 is 0.950 bits per heavy atom. The molecule has 4 rings (SSSR count). The second-order valence-corrected chi connectivity index (χ2v) is 9.17. The summed E-state index contributed by atoms with van der Waals surface area (Å²) in [4.78, 5) is 51.0. The van der Waals surface area contributed by atoms with E-state index >= 15 is 0 Å². The van der Waals surface area contributed by atoms with E-state index in [2.05, 4.69) is 5.32 Å². The van der Waals surface area contributed by atoms with Gasteiger partial charge in [0.25, 0.3) is 11.8 Å². The lowest BCUT2D eigenvalue weighted by Gasteiger charge is -2.31. The average Bonchev–Trinajstić information content (AvgIpc) is 3.20. The molecule has 2 amide bonds. The van der Waals surface area contributed by atoms with E-state index in [9.17, 15) is 28.7 Å². The van der Waals surface area contributed by atoms with Crippen LogP contribution in [-0.2, 0) is 23.8 Å². The van der Waals surface area contributed by atoms with Crippen LogP contribution in [0.3, 0.4) is 0 Å². The first kappa shape index (κ1) is 28.9. The predicted molar refractivity (Wildman–Crippen MR) is 140 cm³/mol. The number of hydrogen-bond donors (Lipinski definition) is 2. The van der Waals surface area contributed by atoms with Crippen molar-refractivity contribution in [2.24, 2.45) is 0 Å². The molecule has 2 N–H and O–H groups in total. The van der Waals surface area contributed by atoms with Crippen molar-refractivity contribution in [2.45, 2.75) is 5.92 Å². The molecule has 0 fully saturated rings. The summed E-state index contributed by atoms with van der Waals surface area (Å²) in [6.07, 6.45) is 0. The molecule has 0 saturated heterocycles. The van der Waals surface area contributed by atoms with Gasteiger partial charge in [0.15, 0.2) is 0 Å². The monoisotopic (exact) mass is 572 g/mol. The highest BCUT2D eigenvalue weighted by atomic mass is 35.5. The third-order valence-corrected chi connectivity index (χ3v) is 6.81. The number of esters is 1. The maximum absolute atomic E-state index is 14.1. The number of amides is 2. The lowest BCUT2D eigenvalue weighted by Crippen LogP contribution is -2.36. The molecule has 40 heavy (non-hydrogen) atoms. The van der Waals surface area contributed by atoms with Gasteiger partial charge < -0.3 is 24.6 Å². The molecule has 2 aromatic carbocycles. The highest BCUT2D eigenvalue weighted by molar-refractivity contribution is 6.31. The van der Waals surface area contributed by atoms with Gasteiger partial charge in [-0.15, -0.1) is 0 Å². The Hall–Kier alpha value is -4.06. The van der Waals surface area contributed by atoms with Gasteiger partial charge in [0.05, 0.1) is 79.7 Å². The van der Waals surface area contributed by atoms with Gasteiger partial charge in [0.1, 0.15) is 6.67 Å². The zero-order valence-electron chi connectivity index (χ0n) is 21.4. The molecule has 0 radical (unpaired) electrons. The molecule has 2 heterocycles. The minimum atomic E-state index is -1.35. The van der Waals surface area contributed by atoms with Crippen molar-refractivity contribution in [3.63, 3.8) is 0 Å². The topological polar surface area (TPSA) is 131 Å². The SMILES string of the molecule is COC(=O)C1=C(CF)NC(COCCOCCN2C(=O)c3ccccc3C2=O)=C(C(=O)O)C1c1ccccc1Cl. The molecule has 0 bridgehead atoms. The summed E-state index contributed by atoms with van der Waals surface area (Å²) in [6.45, 7) is -1.13. The number of allylic oxidation sites excluding steroid dienone is 1. The number of carboxylic acid groups (broad SMARTS) is 1. The van der Waals surface area contributed by atoms with Crippen LogP contribution in [0.4, 0.5) is 4.39 Å². The Balaban J connectivity index is 1.40. The molecule has 210 valence electrons. The zero-order valence-corrected chi connectivity index (χ0v) is 22.2. The first-order valence-corrected chi connectivity index (χ1v) is 12.6. The molecular formula is C28H26ClFN2O8. The fraction of sp³-hybridized carbons (Fsp3) is 0.286. The molecule has 0 spiro atoms. The number of rotatable bonds is 12. The third-order valence-electron chi connectivity index (χ3n) is 6.47. The van der Waals surface area contributed by atoms with Crippen LogP contribution < -0.4 is 5.32 Å². The third kappa shape index (κ3) is 5.76. The van der Waals surface area contributed by atoms with Crippen molar-refractivity contribution < 1.29 is 42.9 Å². The van der Waals surface area contributed by atoms with Crippen molar-refractivity contribution in [3.05, 3.63) is 92.8 Å². The van der Waals surface area contributed by atoms with E-state index in [1.165, 1.54) is 6.07 Å². The number of methoxy groups -OCH3 is 1. The van der Waals surface area contributed by atoms with E-state index in [0.717, 1.165) is 12.0 Å². The molecular weight excluding hydrogens is 547 g/mol. The highest BCUT2D eigenvalue weighted by Crippen LogP contribution is 2.41. The molecule has 2 aromatic rings. The van der Waals surface area contributed by atoms with Crippen molar-refractivity contribution in [3.8, 4) is 0 Å². The number of alkyl halides is 1. The number of fused-ring (bicyclic) bond motifs is 1. The van der Waals surface area contributed by atoms with Gasteiger partial charge >= 0.3 is 11.9 Å². The van der Waals surface area contributed by atoms with Gasteiger partial charge in [0.2, 0.25) is 0 Å². The number of nitrogens with one attached hydrogen (secondary N) is 1. The first-order chi connectivity index (χ1) is 19.3. The minimum Gasteiger partial charge on any atom is -0.478 e.